The number of aromatic amines is 1. The van der Waals surface area contributed by atoms with Gasteiger partial charge in [-0.05, 0) is 12.1 Å². The summed E-state index contributed by atoms with van der Waals surface area (Å²) in [4.78, 5) is 32.1. The molecule has 1 heterocycles. The summed E-state index contributed by atoms with van der Waals surface area (Å²) in [5.41, 5.74) is -1.22. The molecule has 0 saturated carbocycles. The van der Waals surface area contributed by atoms with E-state index in [0.29, 0.717) is 0 Å². The minimum atomic E-state index is -0.793. The molecule has 7 heteroatoms. The SMILES string of the molecule is CCOC(=O)c1n[nH]c(=O)cc1N=O. The number of carbonyl (C=O) groups is 1. The molecule has 0 saturated heterocycles. The summed E-state index contributed by atoms with van der Waals surface area (Å²) < 4.78 is 4.59. The van der Waals surface area contributed by atoms with Crippen molar-refractivity contribution in [2.45, 2.75) is 6.92 Å². The van der Waals surface area contributed by atoms with E-state index in [1.165, 1.54) is 0 Å². The Bertz CT molecular complexity index is 412. The maximum Gasteiger partial charge on any atom is 0.361 e. The number of nitrogens with zero attached hydrogens (tertiary/aromatic N) is 2. The summed E-state index contributed by atoms with van der Waals surface area (Å²) in [6.07, 6.45) is 0. The molecular formula is C7H7N3O4. The second-order valence-electron chi connectivity index (χ2n) is 2.28. The molecule has 1 N–H and O–H groups in total. The van der Waals surface area contributed by atoms with Gasteiger partial charge in [-0.2, -0.15) is 5.10 Å². The third-order valence-corrected chi connectivity index (χ3v) is 1.36. The van der Waals surface area contributed by atoms with E-state index in [4.69, 9.17) is 0 Å². The van der Waals surface area contributed by atoms with Crippen LogP contribution in [-0.4, -0.2) is 22.8 Å². The maximum absolute atomic E-state index is 11.1. The largest absolute Gasteiger partial charge is 0.461 e. The van der Waals surface area contributed by atoms with Gasteiger partial charge in [-0.3, -0.25) is 4.79 Å². The molecule has 74 valence electrons. The second kappa shape index (κ2) is 4.26. The van der Waals surface area contributed by atoms with Gasteiger partial charge in [0.15, 0.2) is 5.69 Å². The molecule has 0 aliphatic heterocycles. The lowest BCUT2D eigenvalue weighted by Crippen LogP contribution is -2.14. The zero-order valence-electron chi connectivity index (χ0n) is 7.31. The zero-order valence-corrected chi connectivity index (χ0v) is 7.31. The normalized spacial score (nSPS) is 9.50. The third-order valence-electron chi connectivity index (χ3n) is 1.36. The van der Waals surface area contributed by atoms with Crippen molar-refractivity contribution in [1.82, 2.24) is 10.2 Å². The fourth-order valence-corrected chi connectivity index (χ4v) is 0.812. The minimum Gasteiger partial charge on any atom is -0.461 e. The Morgan fingerprint density at radius 2 is 2.43 bits per heavy atom. The fourth-order valence-electron chi connectivity index (χ4n) is 0.812. The van der Waals surface area contributed by atoms with Gasteiger partial charge in [0, 0.05) is 6.07 Å². The van der Waals surface area contributed by atoms with Crippen LogP contribution in [0.4, 0.5) is 5.69 Å². The summed E-state index contributed by atoms with van der Waals surface area (Å²) in [7, 11) is 0. The molecule has 14 heavy (non-hydrogen) atoms. The van der Waals surface area contributed by atoms with E-state index in [9.17, 15) is 14.5 Å². The first-order valence-corrected chi connectivity index (χ1v) is 3.79. The van der Waals surface area contributed by atoms with E-state index in [2.05, 4.69) is 15.0 Å². The Hall–Kier alpha value is -2.05. The fraction of sp³-hybridized carbons (Fsp3) is 0.286. The Balaban J connectivity index is 3.14. The van der Waals surface area contributed by atoms with Crippen LogP contribution in [0.1, 0.15) is 17.4 Å². The number of hydrogen-bond donors (Lipinski definition) is 1. The molecule has 0 aliphatic rings. The number of H-pyrrole nitrogens is 1. The highest BCUT2D eigenvalue weighted by atomic mass is 16.5. The predicted molar refractivity (Wildman–Crippen MR) is 46.3 cm³/mol. The van der Waals surface area contributed by atoms with Gasteiger partial charge in [0.2, 0.25) is 0 Å². The number of esters is 1. The van der Waals surface area contributed by atoms with Crippen molar-refractivity contribution < 1.29 is 9.53 Å². The lowest BCUT2D eigenvalue weighted by molar-refractivity contribution is 0.0519. The Morgan fingerprint density at radius 3 is 3.00 bits per heavy atom. The van der Waals surface area contributed by atoms with Crippen LogP contribution in [0.3, 0.4) is 0 Å². The van der Waals surface area contributed by atoms with Crippen LogP contribution < -0.4 is 5.56 Å². The van der Waals surface area contributed by atoms with Crippen molar-refractivity contribution in [3.63, 3.8) is 0 Å². The first kappa shape index (κ1) is 10.0. The first-order valence-electron chi connectivity index (χ1n) is 3.79. The smallest absolute Gasteiger partial charge is 0.361 e. The monoisotopic (exact) mass is 197 g/mol. The molecular weight excluding hydrogens is 190 g/mol. The van der Waals surface area contributed by atoms with Gasteiger partial charge < -0.3 is 4.74 Å². The quantitative estimate of drug-likeness (QED) is 0.556. The second-order valence-corrected chi connectivity index (χ2v) is 2.28. The average Bonchev–Trinajstić information content (AvgIpc) is 2.17. The van der Waals surface area contributed by atoms with E-state index >= 15 is 0 Å². The van der Waals surface area contributed by atoms with Crippen molar-refractivity contribution in [2.24, 2.45) is 5.18 Å². The van der Waals surface area contributed by atoms with Crippen LogP contribution in [-0.2, 0) is 4.74 Å². The predicted octanol–water partition coefficient (Wildman–Crippen LogP) is 0.344. The number of nitroso groups, excluding NO2 is 1. The topological polar surface area (TPSA) is 101 Å². The van der Waals surface area contributed by atoms with Crippen LogP contribution in [0.5, 0.6) is 0 Å². The van der Waals surface area contributed by atoms with E-state index in [1.807, 2.05) is 5.10 Å². The van der Waals surface area contributed by atoms with Gasteiger partial charge in [0.05, 0.1) is 6.61 Å². The van der Waals surface area contributed by atoms with E-state index in [1.54, 1.807) is 6.92 Å². The van der Waals surface area contributed by atoms with E-state index < -0.39 is 11.5 Å². The molecule has 0 amide bonds. The summed E-state index contributed by atoms with van der Waals surface area (Å²) in [5, 5.41) is 7.87. The number of aromatic nitrogens is 2. The number of hydrogen-bond acceptors (Lipinski definition) is 6. The van der Waals surface area contributed by atoms with Crippen molar-refractivity contribution in [3.8, 4) is 0 Å². The van der Waals surface area contributed by atoms with Crippen LogP contribution in [0.25, 0.3) is 0 Å². The standard InChI is InChI=1S/C7H7N3O4/c1-2-14-7(12)6-4(10-13)3-5(11)8-9-6/h3H,2H2,1H3,(H,8,11). The molecule has 7 nitrogen and oxygen atoms in total. The molecule has 0 aromatic carbocycles. The average molecular weight is 197 g/mol. The van der Waals surface area contributed by atoms with Crippen molar-refractivity contribution in [1.29, 1.82) is 0 Å². The van der Waals surface area contributed by atoms with Crippen LogP contribution in [0.15, 0.2) is 16.0 Å². The van der Waals surface area contributed by atoms with Gasteiger partial charge in [-0.15, -0.1) is 4.91 Å². The molecule has 1 aromatic rings. The van der Waals surface area contributed by atoms with Crippen LogP contribution in [0.2, 0.25) is 0 Å². The van der Waals surface area contributed by atoms with Crippen molar-refractivity contribution in [2.75, 3.05) is 6.61 Å². The molecule has 1 rings (SSSR count). The van der Waals surface area contributed by atoms with Gasteiger partial charge in [0.1, 0.15) is 5.69 Å². The summed E-state index contributed by atoms with van der Waals surface area (Å²) in [6, 6.07) is 0.881. The lowest BCUT2D eigenvalue weighted by Gasteiger charge is -2.00. The molecule has 0 radical (unpaired) electrons. The molecule has 0 fully saturated rings. The van der Waals surface area contributed by atoms with Gasteiger partial charge in [-0.25, -0.2) is 9.89 Å². The third kappa shape index (κ3) is 2.00. The summed E-state index contributed by atoms with van der Waals surface area (Å²) >= 11 is 0. The first-order chi connectivity index (χ1) is 6.69. The molecule has 0 aliphatic carbocycles. The number of nitrogens with one attached hydrogen (secondary N) is 1. The highest BCUT2D eigenvalue weighted by Crippen LogP contribution is 2.13. The van der Waals surface area contributed by atoms with Gasteiger partial charge >= 0.3 is 5.97 Å². The van der Waals surface area contributed by atoms with Gasteiger partial charge in [0.25, 0.3) is 5.56 Å². The molecule has 1 aromatic heterocycles. The molecule has 0 unspecified atom stereocenters. The van der Waals surface area contributed by atoms with Crippen molar-refractivity contribution in [3.05, 3.63) is 27.0 Å². The molecule has 0 bridgehead atoms. The zero-order chi connectivity index (χ0) is 10.6. The summed E-state index contributed by atoms with van der Waals surface area (Å²) in [5.74, 6) is -0.793. The maximum atomic E-state index is 11.1. The van der Waals surface area contributed by atoms with Crippen LogP contribution in [0, 0.1) is 4.91 Å². The minimum absolute atomic E-state index is 0.151. The molecule has 0 spiro atoms. The number of carbonyl (C=O) groups excluding carboxylic acids is 1. The van der Waals surface area contributed by atoms with E-state index in [0.717, 1.165) is 6.07 Å². The Morgan fingerprint density at radius 1 is 1.71 bits per heavy atom. The van der Waals surface area contributed by atoms with Gasteiger partial charge in [-0.1, -0.05) is 0 Å². The van der Waals surface area contributed by atoms with Crippen molar-refractivity contribution >= 4 is 11.7 Å². The van der Waals surface area contributed by atoms with Crippen LogP contribution >= 0.6 is 0 Å². The lowest BCUT2D eigenvalue weighted by atomic mass is 10.3. The summed E-state index contributed by atoms with van der Waals surface area (Å²) in [6.45, 7) is 1.76. The Kier molecular flexibility index (Phi) is 3.05. The Labute approximate surface area is 78.1 Å². The highest BCUT2D eigenvalue weighted by molar-refractivity contribution is 5.92. The number of ether oxygens (including phenoxy) is 1. The molecule has 0 atom stereocenters. The van der Waals surface area contributed by atoms with E-state index in [-0.39, 0.29) is 18.0 Å². The number of rotatable bonds is 3. The highest BCUT2D eigenvalue weighted by Gasteiger charge is 2.15.